The number of Topliss-reactive ketones (excluding diaryl/α,β-unsaturated/α-hetero) is 1. The zero-order valence-corrected chi connectivity index (χ0v) is 23.3. The van der Waals surface area contributed by atoms with Crippen molar-refractivity contribution >= 4 is 11.4 Å². The second-order valence-corrected chi connectivity index (χ2v) is 12.1. The van der Waals surface area contributed by atoms with Crippen LogP contribution >= 0.6 is 0 Å². The van der Waals surface area contributed by atoms with E-state index in [1.54, 1.807) is 24.3 Å². The van der Waals surface area contributed by atoms with Crippen molar-refractivity contribution in [1.82, 2.24) is 0 Å². The van der Waals surface area contributed by atoms with E-state index in [-0.39, 0.29) is 57.8 Å². The van der Waals surface area contributed by atoms with Gasteiger partial charge in [0.05, 0.1) is 11.1 Å². The molecule has 9 nitrogen and oxygen atoms in total. The van der Waals surface area contributed by atoms with Gasteiger partial charge < -0.3 is 39.7 Å². The summed E-state index contributed by atoms with van der Waals surface area (Å²) >= 11 is 0. The van der Waals surface area contributed by atoms with Crippen molar-refractivity contribution in [2.24, 2.45) is 0 Å². The Hall–Kier alpha value is -4.63. The number of phenols is 4. The fourth-order valence-corrected chi connectivity index (χ4v) is 6.89. The van der Waals surface area contributed by atoms with Crippen LogP contribution < -0.4 is 14.2 Å². The summed E-state index contributed by atoms with van der Waals surface area (Å²) < 4.78 is 18.5. The SMILES string of the molecule is CC(C)=CCC12Oc3cc(O)ccc3C1(O)Oc1cc(O)c(C3=CC4(C)CC(C3)c3cc(O)ccc3O4)c(O)c1C2=O. The number of fused-ring (bicyclic) bond motifs is 8. The van der Waals surface area contributed by atoms with Crippen LogP contribution in [0.1, 0.15) is 73.0 Å². The number of ether oxygens (including phenoxy) is 3. The zero-order valence-electron chi connectivity index (χ0n) is 23.3. The van der Waals surface area contributed by atoms with E-state index in [0.717, 1.165) is 11.1 Å². The van der Waals surface area contributed by atoms with Gasteiger partial charge >= 0.3 is 0 Å². The molecule has 0 saturated heterocycles. The third-order valence-electron chi connectivity index (χ3n) is 8.75. The summed E-state index contributed by atoms with van der Waals surface area (Å²) in [4.78, 5) is 14.4. The molecule has 7 rings (SSSR count). The maximum Gasteiger partial charge on any atom is 0.286 e. The van der Waals surface area contributed by atoms with Crippen LogP contribution in [0.4, 0.5) is 0 Å². The molecule has 3 heterocycles. The quantitative estimate of drug-likeness (QED) is 0.257. The molecule has 4 aliphatic rings. The van der Waals surface area contributed by atoms with Crippen LogP contribution in [-0.2, 0) is 5.79 Å². The van der Waals surface area contributed by atoms with E-state index < -0.39 is 28.5 Å². The summed E-state index contributed by atoms with van der Waals surface area (Å²) in [6, 6.07) is 10.2. The number of allylic oxidation sites excluding steroid dienone is 2. The van der Waals surface area contributed by atoms with Gasteiger partial charge in [0.1, 0.15) is 51.4 Å². The van der Waals surface area contributed by atoms with Crippen molar-refractivity contribution in [3.05, 3.63) is 82.4 Å². The van der Waals surface area contributed by atoms with E-state index in [1.165, 1.54) is 24.3 Å². The molecule has 4 unspecified atom stereocenters. The fourth-order valence-electron chi connectivity index (χ4n) is 6.89. The third kappa shape index (κ3) is 3.49. The first-order valence-corrected chi connectivity index (χ1v) is 13.8. The first-order valence-electron chi connectivity index (χ1n) is 13.8. The number of benzene rings is 3. The summed E-state index contributed by atoms with van der Waals surface area (Å²) in [6.07, 6.45) is 4.51. The molecule has 5 N–H and O–H groups in total. The second-order valence-electron chi connectivity index (χ2n) is 12.1. The number of rotatable bonds is 3. The number of carbonyl (C=O) groups excluding carboxylic acids is 1. The van der Waals surface area contributed by atoms with Crippen molar-refractivity contribution in [3.8, 4) is 40.2 Å². The maximum atomic E-state index is 14.4. The average Bonchev–Trinajstić information content (AvgIpc) is 3.15. The highest BCUT2D eigenvalue weighted by Crippen LogP contribution is 2.60. The molecule has 0 spiro atoms. The molecule has 3 aromatic rings. The van der Waals surface area contributed by atoms with Gasteiger partial charge in [-0.3, -0.25) is 4.79 Å². The fraction of sp³-hybridized carbons (Fsp3) is 0.303. The van der Waals surface area contributed by atoms with E-state index in [4.69, 9.17) is 14.2 Å². The molecule has 0 amide bonds. The Labute approximate surface area is 241 Å². The van der Waals surface area contributed by atoms with Gasteiger partial charge in [0.25, 0.3) is 5.79 Å². The van der Waals surface area contributed by atoms with Crippen LogP contribution in [0.2, 0.25) is 0 Å². The number of aromatic hydroxyl groups is 4. The van der Waals surface area contributed by atoms with Gasteiger partial charge in [-0.05, 0) is 81.5 Å². The van der Waals surface area contributed by atoms with E-state index >= 15 is 0 Å². The van der Waals surface area contributed by atoms with Crippen LogP contribution in [0.5, 0.6) is 40.2 Å². The molecule has 0 saturated carbocycles. The van der Waals surface area contributed by atoms with Crippen LogP contribution in [0.15, 0.2) is 60.2 Å². The van der Waals surface area contributed by atoms with E-state index in [9.17, 15) is 30.3 Å². The van der Waals surface area contributed by atoms with Crippen LogP contribution in [0, 0.1) is 0 Å². The van der Waals surface area contributed by atoms with E-state index in [2.05, 4.69) is 0 Å². The first kappa shape index (κ1) is 26.3. The molecule has 0 aromatic heterocycles. The van der Waals surface area contributed by atoms with Crippen molar-refractivity contribution in [1.29, 1.82) is 0 Å². The second kappa shape index (κ2) is 8.45. The summed E-state index contributed by atoms with van der Waals surface area (Å²) in [5.41, 5.74) is -0.560. The zero-order chi connectivity index (χ0) is 29.8. The molecule has 42 heavy (non-hydrogen) atoms. The lowest BCUT2D eigenvalue weighted by Crippen LogP contribution is -2.62. The minimum absolute atomic E-state index is 0.0600. The summed E-state index contributed by atoms with van der Waals surface area (Å²) in [5, 5.41) is 55.1. The Balaban J connectivity index is 1.38. The molecule has 2 bridgehead atoms. The highest BCUT2D eigenvalue weighted by molar-refractivity contribution is 6.11. The molecular formula is C33H30O9. The van der Waals surface area contributed by atoms with Gasteiger partial charge in [0.2, 0.25) is 11.4 Å². The molecular weight excluding hydrogens is 540 g/mol. The predicted molar refractivity (Wildman–Crippen MR) is 151 cm³/mol. The first-order chi connectivity index (χ1) is 19.8. The summed E-state index contributed by atoms with van der Waals surface area (Å²) in [5.74, 6) is -3.44. The van der Waals surface area contributed by atoms with Gasteiger partial charge in [-0.25, -0.2) is 0 Å². The van der Waals surface area contributed by atoms with Crippen molar-refractivity contribution < 1.29 is 44.5 Å². The molecule has 4 atom stereocenters. The smallest absolute Gasteiger partial charge is 0.286 e. The molecule has 0 radical (unpaired) electrons. The number of carbonyl (C=O) groups is 1. The largest absolute Gasteiger partial charge is 0.508 e. The van der Waals surface area contributed by atoms with Crippen LogP contribution in [0.25, 0.3) is 5.57 Å². The van der Waals surface area contributed by atoms with Gasteiger partial charge in [0, 0.05) is 24.1 Å². The molecule has 0 fully saturated rings. The lowest BCUT2D eigenvalue weighted by Gasteiger charge is -2.44. The Kier molecular flexibility index (Phi) is 5.29. The lowest BCUT2D eigenvalue weighted by molar-refractivity contribution is -0.221. The molecule has 3 aliphatic heterocycles. The number of hydrogen-bond donors (Lipinski definition) is 5. The summed E-state index contributed by atoms with van der Waals surface area (Å²) in [6.45, 7) is 5.59. The van der Waals surface area contributed by atoms with Crippen molar-refractivity contribution in [3.63, 3.8) is 0 Å². The van der Waals surface area contributed by atoms with Crippen molar-refractivity contribution in [2.45, 2.75) is 62.9 Å². The van der Waals surface area contributed by atoms with Gasteiger partial charge in [0.15, 0.2) is 0 Å². The molecule has 9 heteroatoms. The Morgan fingerprint density at radius 3 is 2.43 bits per heavy atom. The minimum Gasteiger partial charge on any atom is -0.508 e. The predicted octanol–water partition coefficient (Wildman–Crippen LogP) is 5.53. The monoisotopic (exact) mass is 570 g/mol. The number of ketones is 1. The third-order valence-corrected chi connectivity index (χ3v) is 8.75. The summed E-state index contributed by atoms with van der Waals surface area (Å²) in [7, 11) is 0. The van der Waals surface area contributed by atoms with Crippen LogP contribution in [-0.4, -0.2) is 42.5 Å². The maximum absolute atomic E-state index is 14.4. The topological polar surface area (TPSA) is 146 Å². The van der Waals surface area contributed by atoms with Crippen molar-refractivity contribution in [2.75, 3.05) is 0 Å². The molecule has 1 aliphatic carbocycles. The highest BCUT2D eigenvalue weighted by Gasteiger charge is 2.69. The highest BCUT2D eigenvalue weighted by atomic mass is 16.7. The number of aliphatic hydroxyl groups is 1. The van der Waals surface area contributed by atoms with E-state index in [0.29, 0.717) is 24.2 Å². The number of phenolic OH excluding ortho intramolecular Hbond substituents is 4. The van der Waals surface area contributed by atoms with Gasteiger partial charge in [-0.2, -0.15) is 0 Å². The average molecular weight is 571 g/mol. The normalized spacial score (nSPS) is 28.1. The Morgan fingerprint density at radius 1 is 0.929 bits per heavy atom. The van der Waals surface area contributed by atoms with Crippen LogP contribution in [0.3, 0.4) is 0 Å². The molecule has 216 valence electrons. The Bertz CT molecular complexity index is 1770. The minimum atomic E-state index is -2.30. The lowest BCUT2D eigenvalue weighted by atomic mass is 9.72. The van der Waals surface area contributed by atoms with Gasteiger partial charge in [-0.15, -0.1) is 0 Å². The standard InChI is InChI=1S/C33H30O9/c1-16(2)8-9-32-30(38)28-26(42-33(32,39)22-6-4-20(35)12-25(22)41-32)13-23(36)27(29(28)37)18-10-17-14-31(3,15-18)40-24-7-5-19(34)11-21(17)24/h4-8,11-13,15,17,34-37,39H,9-10,14H2,1-3H3. The van der Waals surface area contributed by atoms with Gasteiger partial charge in [-0.1, -0.05) is 11.6 Å². The van der Waals surface area contributed by atoms with E-state index in [1.807, 2.05) is 26.8 Å². The Morgan fingerprint density at radius 2 is 1.67 bits per heavy atom. The number of hydrogen-bond acceptors (Lipinski definition) is 9. The molecule has 3 aromatic carbocycles.